The second-order valence-electron chi connectivity index (χ2n) is 2.94. The van der Waals surface area contributed by atoms with Crippen LogP contribution in [0.15, 0.2) is 0 Å². The summed E-state index contributed by atoms with van der Waals surface area (Å²) in [5, 5.41) is 0. The lowest BCUT2D eigenvalue weighted by atomic mass is 9.83. The summed E-state index contributed by atoms with van der Waals surface area (Å²) >= 11 is 1.66. The molecule has 1 saturated carbocycles. The van der Waals surface area contributed by atoms with Crippen LogP contribution in [0.5, 0.6) is 0 Å². The minimum atomic E-state index is 0.403. The van der Waals surface area contributed by atoms with E-state index < -0.39 is 0 Å². The number of nitrogens with two attached hydrogens (primary N) is 1. The number of carbonyl (C=O) groups is 1. The van der Waals surface area contributed by atoms with Crippen molar-refractivity contribution in [3.05, 3.63) is 0 Å². The van der Waals surface area contributed by atoms with E-state index in [1.807, 2.05) is 0 Å². The maximum atomic E-state index is 11.2. The molecule has 64 valence electrons. The van der Waals surface area contributed by atoms with Gasteiger partial charge in [0.15, 0.2) is 0 Å². The highest BCUT2D eigenvalue weighted by atomic mass is 32.2. The largest absolute Gasteiger partial charge is 0.330 e. The van der Waals surface area contributed by atoms with Crippen LogP contribution in [0.25, 0.3) is 0 Å². The highest BCUT2D eigenvalue weighted by Crippen LogP contribution is 2.27. The van der Waals surface area contributed by atoms with Crippen molar-refractivity contribution in [2.45, 2.75) is 19.3 Å². The number of hydrogen-bond acceptors (Lipinski definition) is 3. The Morgan fingerprint density at radius 1 is 1.55 bits per heavy atom. The topological polar surface area (TPSA) is 43.1 Å². The molecule has 3 heteroatoms. The van der Waals surface area contributed by atoms with Crippen molar-refractivity contribution in [3.8, 4) is 0 Å². The molecular weight excluding hydrogens is 158 g/mol. The molecule has 11 heavy (non-hydrogen) atoms. The molecule has 0 aromatic heterocycles. The molecule has 0 unspecified atom stereocenters. The van der Waals surface area contributed by atoms with Crippen molar-refractivity contribution in [2.75, 3.05) is 18.1 Å². The minimum absolute atomic E-state index is 0.403. The molecule has 0 aromatic rings. The molecule has 0 aliphatic heterocycles. The molecule has 0 amide bonds. The third kappa shape index (κ3) is 2.83. The summed E-state index contributed by atoms with van der Waals surface area (Å²) in [6, 6.07) is 0. The van der Waals surface area contributed by atoms with Crippen LogP contribution in [0.1, 0.15) is 19.3 Å². The number of rotatable bonds is 5. The molecule has 1 aliphatic rings. The van der Waals surface area contributed by atoms with E-state index in [9.17, 15) is 4.79 Å². The van der Waals surface area contributed by atoms with E-state index in [1.165, 1.54) is 6.42 Å². The van der Waals surface area contributed by atoms with E-state index >= 15 is 0 Å². The normalized spacial score (nSPS) is 17.9. The second-order valence-corrected chi connectivity index (χ2v) is 4.04. The van der Waals surface area contributed by atoms with Gasteiger partial charge in [-0.2, -0.15) is 11.8 Å². The maximum absolute atomic E-state index is 11.2. The van der Waals surface area contributed by atoms with Crippen molar-refractivity contribution in [1.82, 2.24) is 0 Å². The Kier molecular flexibility index (Phi) is 3.94. The van der Waals surface area contributed by atoms with E-state index in [0.717, 1.165) is 18.6 Å². The summed E-state index contributed by atoms with van der Waals surface area (Å²) in [6.45, 7) is 0.683. The van der Waals surface area contributed by atoms with Crippen molar-refractivity contribution in [3.63, 3.8) is 0 Å². The highest BCUT2D eigenvalue weighted by Gasteiger charge is 2.24. The number of carbonyl (C=O) groups excluding carboxylic acids is 1. The van der Waals surface area contributed by atoms with Gasteiger partial charge < -0.3 is 5.73 Å². The highest BCUT2D eigenvalue weighted by molar-refractivity contribution is 7.99. The first-order chi connectivity index (χ1) is 5.34. The summed E-state index contributed by atoms with van der Waals surface area (Å²) in [7, 11) is 0. The molecule has 0 radical (unpaired) electrons. The Morgan fingerprint density at radius 2 is 2.27 bits per heavy atom. The van der Waals surface area contributed by atoms with Crippen LogP contribution in [0.2, 0.25) is 0 Å². The lowest BCUT2D eigenvalue weighted by Gasteiger charge is -2.23. The van der Waals surface area contributed by atoms with Crippen molar-refractivity contribution < 1.29 is 4.79 Å². The lowest BCUT2D eigenvalue weighted by molar-refractivity contribution is -0.122. The van der Waals surface area contributed by atoms with Gasteiger partial charge in [-0.05, 0) is 12.8 Å². The Morgan fingerprint density at radius 3 is 2.73 bits per heavy atom. The summed E-state index contributed by atoms with van der Waals surface area (Å²) in [5.74, 6) is 2.44. The van der Waals surface area contributed by atoms with Crippen molar-refractivity contribution >= 4 is 17.5 Å². The van der Waals surface area contributed by atoms with Crippen LogP contribution in [0.3, 0.4) is 0 Å². The molecule has 1 fully saturated rings. The number of Topliss-reactive ketones (excluding diaryl/α,β-unsaturated/α-hetero) is 1. The maximum Gasteiger partial charge on any atom is 0.145 e. The Balaban J connectivity index is 2.01. The number of thioether (sulfide) groups is 1. The molecule has 1 aliphatic carbocycles. The molecule has 0 atom stereocenters. The Hall–Kier alpha value is -0.0200. The zero-order valence-corrected chi connectivity index (χ0v) is 7.53. The van der Waals surface area contributed by atoms with Crippen LogP contribution in [0.4, 0.5) is 0 Å². The van der Waals surface area contributed by atoms with Crippen molar-refractivity contribution in [2.24, 2.45) is 11.7 Å². The number of hydrogen-bond donors (Lipinski definition) is 1. The first kappa shape index (κ1) is 9.07. The third-order valence-electron chi connectivity index (χ3n) is 2.07. The zero-order valence-electron chi connectivity index (χ0n) is 6.71. The standard InChI is InChI=1S/C8H15NOS/c9-4-5-11-6-8(10)7-2-1-3-7/h7H,1-6,9H2. The SMILES string of the molecule is NCCSCC(=O)C1CCC1. The number of ketones is 1. The Bertz CT molecular complexity index is 134. The minimum Gasteiger partial charge on any atom is -0.330 e. The monoisotopic (exact) mass is 173 g/mol. The fraction of sp³-hybridized carbons (Fsp3) is 0.875. The summed E-state index contributed by atoms with van der Waals surface area (Å²) in [6.07, 6.45) is 3.50. The lowest BCUT2D eigenvalue weighted by Crippen LogP contribution is -2.23. The Labute approximate surface area is 71.9 Å². The van der Waals surface area contributed by atoms with Gasteiger partial charge in [-0.1, -0.05) is 6.42 Å². The second kappa shape index (κ2) is 4.78. The first-order valence-electron chi connectivity index (χ1n) is 4.15. The molecular formula is C8H15NOS. The van der Waals surface area contributed by atoms with Gasteiger partial charge in [0, 0.05) is 18.2 Å². The molecule has 0 bridgehead atoms. The fourth-order valence-electron chi connectivity index (χ4n) is 1.10. The predicted octanol–water partition coefficient (Wildman–Crippen LogP) is 1.05. The molecule has 2 N–H and O–H groups in total. The summed E-state index contributed by atoms with van der Waals surface area (Å²) in [4.78, 5) is 11.2. The van der Waals surface area contributed by atoms with E-state index in [2.05, 4.69) is 0 Å². The summed E-state index contributed by atoms with van der Waals surface area (Å²) < 4.78 is 0. The van der Waals surface area contributed by atoms with Gasteiger partial charge in [0.05, 0.1) is 5.75 Å². The summed E-state index contributed by atoms with van der Waals surface area (Å²) in [5.41, 5.74) is 5.31. The molecule has 0 spiro atoms. The van der Waals surface area contributed by atoms with Crippen LogP contribution in [-0.2, 0) is 4.79 Å². The quantitative estimate of drug-likeness (QED) is 0.632. The van der Waals surface area contributed by atoms with Gasteiger partial charge in [-0.3, -0.25) is 4.79 Å². The molecule has 1 rings (SSSR count). The van der Waals surface area contributed by atoms with Crippen LogP contribution < -0.4 is 5.73 Å². The average Bonchev–Trinajstić information content (AvgIpc) is 1.84. The smallest absolute Gasteiger partial charge is 0.145 e. The average molecular weight is 173 g/mol. The van der Waals surface area contributed by atoms with Gasteiger partial charge >= 0.3 is 0 Å². The first-order valence-corrected chi connectivity index (χ1v) is 5.30. The zero-order chi connectivity index (χ0) is 8.10. The van der Waals surface area contributed by atoms with Crippen molar-refractivity contribution in [1.29, 1.82) is 0 Å². The van der Waals surface area contributed by atoms with Crippen LogP contribution in [-0.4, -0.2) is 23.8 Å². The van der Waals surface area contributed by atoms with E-state index in [-0.39, 0.29) is 0 Å². The van der Waals surface area contributed by atoms with Gasteiger partial charge in [0.2, 0.25) is 0 Å². The molecule has 0 heterocycles. The third-order valence-corrected chi connectivity index (χ3v) is 3.08. The van der Waals surface area contributed by atoms with Crippen LogP contribution in [0, 0.1) is 5.92 Å². The molecule has 0 saturated heterocycles. The van der Waals surface area contributed by atoms with Gasteiger partial charge in [0.25, 0.3) is 0 Å². The predicted molar refractivity (Wildman–Crippen MR) is 48.7 cm³/mol. The van der Waals surface area contributed by atoms with Gasteiger partial charge in [-0.25, -0.2) is 0 Å². The molecule has 2 nitrogen and oxygen atoms in total. The van der Waals surface area contributed by atoms with Gasteiger partial charge in [-0.15, -0.1) is 0 Å². The van der Waals surface area contributed by atoms with E-state index in [4.69, 9.17) is 5.73 Å². The van der Waals surface area contributed by atoms with E-state index in [0.29, 0.717) is 24.0 Å². The van der Waals surface area contributed by atoms with E-state index in [1.54, 1.807) is 11.8 Å². The fourth-order valence-corrected chi connectivity index (χ4v) is 1.85. The molecule has 0 aromatic carbocycles. The van der Waals surface area contributed by atoms with Gasteiger partial charge in [0.1, 0.15) is 5.78 Å². The van der Waals surface area contributed by atoms with Crippen LogP contribution >= 0.6 is 11.8 Å².